The highest BCUT2D eigenvalue weighted by Gasteiger charge is 2.19. The summed E-state index contributed by atoms with van der Waals surface area (Å²) in [6.45, 7) is 0. The van der Waals surface area contributed by atoms with E-state index in [1.165, 1.54) is 22.7 Å². The molecule has 7 nitrogen and oxygen atoms in total. The Labute approximate surface area is 186 Å². The van der Waals surface area contributed by atoms with Gasteiger partial charge in [0.25, 0.3) is 11.2 Å². The number of rotatable bonds is 4. The van der Waals surface area contributed by atoms with Gasteiger partial charge >= 0.3 is 0 Å². The minimum Gasteiger partial charge on any atom is -0.288 e. The number of fused-ring (bicyclic) bond motifs is 1. The lowest BCUT2D eigenvalue weighted by Crippen LogP contribution is -2.14. The van der Waals surface area contributed by atoms with Crippen molar-refractivity contribution in [3.8, 4) is 33.6 Å². The van der Waals surface area contributed by atoms with Gasteiger partial charge in [0.2, 0.25) is 0 Å². The molecule has 0 amide bonds. The number of nitrogens with one attached hydrogen (secondary N) is 1. The monoisotopic (exact) mass is 442 g/mol. The fraction of sp³-hybridized carbons (Fsp3) is 0. The standard InChI is InChI=1S/C24H15ClN4O3/c25-18-10-6-16(7-11-18)22-23(17-4-2-1-3-5-17)27-28-21(30)14-20(26-24(22)28)15-8-12-19(13-9-15)29(31)32/h1-14,27H. The molecule has 0 aliphatic heterocycles. The minimum absolute atomic E-state index is 0.0265. The van der Waals surface area contributed by atoms with Crippen LogP contribution < -0.4 is 5.56 Å². The molecule has 0 aliphatic rings. The van der Waals surface area contributed by atoms with E-state index in [-0.39, 0.29) is 11.2 Å². The molecule has 0 saturated carbocycles. The fourth-order valence-electron chi connectivity index (χ4n) is 3.64. The third kappa shape index (κ3) is 3.44. The van der Waals surface area contributed by atoms with Crippen molar-refractivity contribution in [2.75, 3.05) is 0 Å². The van der Waals surface area contributed by atoms with E-state index in [9.17, 15) is 14.9 Å². The lowest BCUT2D eigenvalue weighted by Gasteiger charge is -2.05. The zero-order valence-corrected chi connectivity index (χ0v) is 17.3. The van der Waals surface area contributed by atoms with Crippen molar-refractivity contribution in [2.24, 2.45) is 0 Å². The maximum Gasteiger partial charge on any atom is 0.273 e. The second kappa shape index (κ2) is 7.79. The number of H-pyrrole nitrogens is 1. The highest BCUT2D eigenvalue weighted by Crippen LogP contribution is 2.35. The maximum atomic E-state index is 13.0. The molecule has 0 aliphatic carbocycles. The van der Waals surface area contributed by atoms with Crippen LogP contribution in [-0.4, -0.2) is 19.5 Å². The molecule has 0 bridgehead atoms. The Bertz CT molecular complexity index is 1510. The third-order valence-corrected chi connectivity index (χ3v) is 5.44. The molecule has 0 saturated heterocycles. The smallest absolute Gasteiger partial charge is 0.273 e. The van der Waals surface area contributed by atoms with Crippen molar-refractivity contribution >= 4 is 22.9 Å². The lowest BCUT2D eigenvalue weighted by molar-refractivity contribution is -0.384. The first-order chi connectivity index (χ1) is 15.5. The first kappa shape index (κ1) is 19.7. The van der Waals surface area contributed by atoms with Gasteiger partial charge in [0.15, 0.2) is 5.65 Å². The number of hydrogen-bond donors (Lipinski definition) is 1. The molecule has 8 heteroatoms. The highest BCUT2D eigenvalue weighted by atomic mass is 35.5. The van der Waals surface area contributed by atoms with E-state index in [1.54, 1.807) is 24.3 Å². The van der Waals surface area contributed by atoms with Crippen LogP contribution in [0.3, 0.4) is 0 Å². The summed E-state index contributed by atoms with van der Waals surface area (Å²) in [6.07, 6.45) is 0. The summed E-state index contributed by atoms with van der Waals surface area (Å²) in [7, 11) is 0. The van der Waals surface area contributed by atoms with Crippen LogP contribution in [0.4, 0.5) is 5.69 Å². The minimum atomic E-state index is -0.466. The number of nitro groups is 1. The van der Waals surface area contributed by atoms with Crippen LogP contribution in [-0.2, 0) is 0 Å². The molecule has 2 aromatic heterocycles. The summed E-state index contributed by atoms with van der Waals surface area (Å²) in [5, 5.41) is 14.8. The van der Waals surface area contributed by atoms with Gasteiger partial charge < -0.3 is 0 Å². The maximum absolute atomic E-state index is 13.0. The molecule has 0 radical (unpaired) electrons. The first-order valence-electron chi connectivity index (χ1n) is 9.73. The zero-order chi connectivity index (χ0) is 22.2. The largest absolute Gasteiger partial charge is 0.288 e. The average Bonchev–Trinajstić information content (AvgIpc) is 3.20. The van der Waals surface area contributed by atoms with Crippen LogP contribution in [0.1, 0.15) is 0 Å². The quantitative estimate of drug-likeness (QED) is 0.290. The number of aromatic nitrogens is 3. The highest BCUT2D eigenvalue weighted by molar-refractivity contribution is 6.30. The van der Waals surface area contributed by atoms with Crippen LogP contribution in [0.15, 0.2) is 89.7 Å². The summed E-state index contributed by atoms with van der Waals surface area (Å²) >= 11 is 6.09. The predicted octanol–water partition coefficient (Wildman–Crippen LogP) is 5.59. The number of nitrogens with zero attached hydrogens (tertiary/aromatic N) is 3. The molecule has 2 heterocycles. The SMILES string of the molecule is O=c1cc(-c2ccc([N+](=O)[O-])cc2)nc2c(-c3ccc(Cl)cc3)c(-c3ccccc3)[nH]n12. The molecule has 0 atom stereocenters. The Morgan fingerprint density at radius 2 is 1.53 bits per heavy atom. The van der Waals surface area contributed by atoms with E-state index >= 15 is 0 Å². The van der Waals surface area contributed by atoms with E-state index in [2.05, 4.69) is 5.10 Å². The Balaban J connectivity index is 1.78. The van der Waals surface area contributed by atoms with Crippen LogP contribution >= 0.6 is 11.6 Å². The Morgan fingerprint density at radius 3 is 2.19 bits per heavy atom. The fourth-order valence-corrected chi connectivity index (χ4v) is 3.77. The molecule has 156 valence electrons. The third-order valence-electron chi connectivity index (χ3n) is 5.19. The summed E-state index contributed by atoms with van der Waals surface area (Å²) in [5.74, 6) is 0. The van der Waals surface area contributed by atoms with Crippen LogP contribution in [0, 0.1) is 10.1 Å². The second-order valence-corrected chi connectivity index (χ2v) is 7.61. The molecular formula is C24H15ClN4O3. The topological polar surface area (TPSA) is 93.3 Å². The van der Waals surface area contributed by atoms with Crippen molar-refractivity contribution < 1.29 is 4.92 Å². The van der Waals surface area contributed by atoms with Crippen molar-refractivity contribution in [3.63, 3.8) is 0 Å². The number of hydrogen-bond acceptors (Lipinski definition) is 4. The van der Waals surface area contributed by atoms with Crippen LogP contribution in [0.2, 0.25) is 5.02 Å². The molecule has 0 spiro atoms. The van der Waals surface area contributed by atoms with Crippen molar-refractivity contribution in [1.82, 2.24) is 14.6 Å². The number of aromatic amines is 1. The van der Waals surface area contributed by atoms with Gasteiger partial charge in [-0.2, -0.15) is 0 Å². The number of halogens is 1. The molecule has 5 aromatic rings. The van der Waals surface area contributed by atoms with Gasteiger partial charge in [0.1, 0.15) is 0 Å². The molecule has 3 aromatic carbocycles. The van der Waals surface area contributed by atoms with E-state index in [0.717, 1.165) is 22.4 Å². The van der Waals surface area contributed by atoms with Gasteiger partial charge in [-0.05, 0) is 29.8 Å². The molecule has 0 fully saturated rings. The van der Waals surface area contributed by atoms with Gasteiger partial charge in [-0.3, -0.25) is 20.0 Å². The van der Waals surface area contributed by atoms with Crippen molar-refractivity contribution in [2.45, 2.75) is 0 Å². The van der Waals surface area contributed by atoms with E-state index in [1.807, 2.05) is 42.5 Å². The van der Waals surface area contributed by atoms with Gasteiger partial charge in [-0.25, -0.2) is 9.50 Å². The predicted molar refractivity (Wildman–Crippen MR) is 124 cm³/mol. The molecule has 0 unspecified atom stereocenters. The van der Waals surface area contributed by atoms with E-state index < -0.39 is 4.92 Å². The number of nitro benzene ring substituents is 1. The average molecular weight is 443 g/mol. The van der Waals surface area contributed by atoms with Gasteiger partial charge in [-0.1, -0.05) is 54.1 Å². The normalized spacial score (nSPS) is 11.0. The van der Waals surface area contributed by atoms with Gasteiger partial charge in [0.05, 0.1) is 21.9 Å². The summed E-state index contributed by atoms with van der Waals surface area (Å²) < 4.78 is 1.40. The van der Waals surface area contributed by atoms with Gasteiger partial charge in [-0.15, -0.1) is 0 Å². The molecule has 1 N–H and O–H groups in total. The number of benzene rings is 3. The molecule has 5 rings (SSSR count). The van der Waals surface area contributed by atoms with E-state index in [0.29, 0.717) is 21.9 Å². The first-order valence-corrected chi connectivity index (χ1v) is 10.1. The Hall–Kier alpha value is -4.23. The Morgan fingerprint density at radius 1 is 0.875 bits per heavy atom. The summed E-state index contributed by atoms with van der Waals surface area (Å²) in [4.78, 5) is 28.2. The number of non-ortho nitro benzene ring substituents is 1. The summed E-state index contributed by atoms with van der Waals surface area (Å²) in [5.41, 5.74) is 4.43. The molecule has 32 heavy (non-hydrogen) atoms. The second-order valence-electron chi connectivity index (χ2n) is 7.18. The van der Waals surface area contributed by atoms with E-state index in [4.69, 9.17) is 16.6 Å². The summed E-state index contributed by atoms with van der Waals surface area (Å²) in [6, 6.07) is 24.4. The molecular weight excluding hydrogens is 428 g/mol. The van der Waals surface area contributed by atoms with Gasteiger partial charge in [0, 0.05) is 34.3 Å². The Kier molecular flexibility index (Phi) is 4.80. The van der Waals surface area contributed by atoms with Crippen LogP contribution in [0.25, 0.3) is 39.3 Å². The zero-order valence-electron chi connectivity index (χ0n) is 16.5. The lowest BCUT2D eigenvalue weighted by atomic mass is 10.0. The van der Waals surface area contributed by atoms with Crippen molar-refractivity contribution in [3.05, 3.63) is 110 Å². The van der Waals surface area contributed by atoms with Crippen molar-refractivity contribution in [1.29, 1.82) is 0 Å². The van der Waals surface area contributed by atoms with Crippen LogP contribution in [0.5, 0.6) is 0 Å².